The summed E-state index contributed by atoms with van der Waals surface area (Å²) in [5, 5.41) is 6.69. The van der Waals surface area contributed by atoms with Gasteiger partial charge in [0, 0.05) is 32.0 Å². The molecule has 188 valence electrons. The molecule has 0 bridgehead atoms. The van der Waals surface area contributed by atoms with E-state index in [1.165, 1.54) is 6.20 Å². The van der Waals surface area contributed by atoms with Gasteiger partial charge in [0.25, 0.3) is 0 Å². The number of rotatable bonds is 11. The smallest absolute Gasteiger partial charge is 0.229 e. The van der Waals surface area contributed by atoms with Crippen LogP contribution in [0.25, 0.3) is 0 Å². The monoisotopic (exact) mass is 517 g/mol. The molecule has 0 spiro atoms. The van der Waals surface area contributed by atoms with Crippen molar-refractivity contribution in [2.75, 3.05) is 68.4 Å². The fourth-order valence-corrected chi connectivity index (χ4v) is 4.38. The third-order valence-electron chi connectivity index (χ3n) is 5.28. The summed E-state index contributed by atoms with van der Waals surface area (Å²) < 4.78 is 18.0. The van der Waals surface area contributed by atoms with E-state index < -0.39 is 10.8 Å². The average molecular weight is 518 g/mol. The summed E-state index contributed by atoms with van der Waals surface area (Å²) >= 11 is 6.36. The number of hydrogen-bond acceptors (Lipinski definition) is 9. The van der Waals surface area contributed by atoms with Gasteiger partial charge in [-0.1, -0.05) is 30.7 Å². The van der Waals surface area contributed by atoms with Crippen LogP contribution in [-0.2, 0) is 10.8 Å². The Morgan fingerprint density at radius 1 is 1.11 bits per heavy atom. The fraction of sp³-hybridized carbons (Fsp3) is 0.333. The summed E-state index contributed by atoms with van der Waals surface area (Å²) in [5.74, 6) is 1.79. The molecule has 0 radical (unpaired) electrons. The number of nitrogens with two attached hydrogens (primary N) is 1. The first-order chi connectivity index (χ1) is 16.7. The number of nitrogen functional groups attached to an aromatic ring is 1. The maximum atomic E-state index is 12.4. The molecule has 11 heteroatoms. The van der Waals surface area contributed by atoms with Gasteiger partial charge in [-0.15, -0.1) is 0 Å². The molecule has 0 aliphatic rings. The van der Waals surface area contributed by atoms with Crippen molar-refractivity contribution in [2.45, 2.75) is 11.8 Å². The van der Waals surface area contributed by atoms with Crippen LogP contribution in [0.15, 0.2) is 47.5 Å². The van der Waals surface area contributed by atoms with Gasteiger partial charge in [0.1, 0.15) is 10.8 Å². The van der Waals surface area contributed by atoms with Crippen LogP contribution in [-0.4, -0.2) is 66.2 Å². The maximum Gasteiger partial charge on any atom is 0.229 e. The minimum atomic E-state index is -1.14. The van der Waals surface area contributed by atoms with Gasteiger partial charge in [-0.25, -0.2) is 4.98 Å². The van der Waals surface area contributed by atoms with E-state index in [1.54, 1.807) is 13.2 Å². The number of aromatic nitrogens is 2. The highest BCUT2D eigenvalue weighted by atomic mass is 35.5. The molecule has 0 aliphatic heterocycles. The third kappa shape index (κ3) is 6.74. The van der Waals surface area contributed by atoms with Crippen molar-refractivity contribution in [3.05, 3.63) is 47.6 Å². The van der Waals surface area contributed by atoms with Crippen molar-refractivity contribution in [1.29, 1.82) is 0 Å². The molecule has 1 heterocycles. The van der Waals surface area contributed by atoms with Crippen molar-refractivity contribution in [3.63, 3.8) is 0 Å². The zero-order chi connectivity index (χ0) is 25.5. The maximum absolute atomic E-state index is 12.4. The van der Waals surface area contributed by atoms with Gasteiger partial charge in [0.05, 0.1) is 51.8 Å². The van der Waals surface area contributed by atoms with E-state index in [1.807, 2.05) is 58.4 Å². The zero-order valence-corrected chi connectivity index (χ0v) is 22.2. The van der Waals surface area contributed by atoms with E-state index in [2.05, 4.69) is 30.4 Å². The number of ether oxygens (including phenoxy) is 1. The minimum absolute atomic E-state index is 0.303. The topological polar surface area (TPSA) is 109 Å². The third-order valence-corrected chi connectivity index (χ3v) is 6.93. The van der Waals surface area contributed by atoms with Crippen molar-refractivity contribution in [1.82, 2.24) is 14.9 Å². The summed E-state index contributed by atoms with van der Waals surface area (Å²) in [5.41, 5.74) is 9.12. The van der Waals surface area contributed by atoms with Crippen LogP contribution in [0, 0.1) is 0 Å². The summed E-state index contributed by atoms with van der Waals surface area (Å²) in [6.07, 6.45) is 1.50. The summed E-state index contributed by atoms with van der Waals surface area (Å²) in [6.45, 7) is 3.57. The first kappa shape index (κ1) is 26.5. The van der Waals surface area contributed by atoms with Gasteiger partial charge in [0.2, 0.25) is 5.95 Å². The highest BCUT2D eigenvalue weighted by molar-refractivity contribution is 7.85. The van der Waals surface area contributed by atoms with Crippen molar-refractivity contribution in [3.8, 4) is 5.75 Å². The van der Waals surface area contributed by atoms with E-state index in [0.717, 1.165) is 18.8 Å². The normalized spacial score (nSPS) is 11.9. The van der Waals surface area contributed by atoms with Crippen LogP contribution >= 0.6 is 11.6 Å². The van der Waals surface area contributed by atoms with Gasteiger partial charge in [-0.2, -0.15) is 4.98 Å². The van der Waals surface area contributed by atoms with Crippen LogP contribution in [0.2, 0.25) is 5.02 Å². The van der Waals surface area contributed by atoms with E-state index in [4.69, 9.17) is 22.1 Å². The first-order valence-electron chi connectivity index (χ1n) is 11.1. The van der Waals surface area contributed by atoms with E-state index in [-0.39, 0.29) is 0 Å². The number of likely N-dealkylation sites (N-methyl/N-ethyl adjacent to an activating group) is 2. The van der Waals surface area contributed by atoms with E-state index in [0.29, 0.717) is 50.2 Å². The second kappa shape index (κ2) is 12.1. The Kier molecular flexibility index (Phi) is 9.13. The fourth-order valence-electron chi connectivity index (χ4n) is 3.34. The molecular formula is C24H32ClN7O2S. The predicted octanol–water partition coefficient (Wildman–Crippen LogP) is 4.33. The number of methoxy groups -OCH3 is 1. The van der Waals surface area contributed by atoms with E-state index in [9.17, 15) is 4.21 Å². The van der Waals surface area contributed by atoms with Crippen LogP contribution in [0.4, 0.5) is 34.5 Å². The molecule has 4 N–H and O–H groups in total. The number of hydrogen-bond donors (Lipinski definition) is 3. The molecule has 0 aliphatic carbocycles. The van der Waals surface area contributed by atoms with Crippen LogP contribution < -0.4 is 26.0 Å². The Balaban J connectivity index is 1.87. The molecule has 9 nitrogen and oxygen atoms in total. The summed E-state index contributed by atoms with van der Waals surface area (Å²) in [7, 11) is 6.51. The summed E-state index contributed by atoms with van der Waals surface area (Å²) in [6, 6.07) is 11.0. The van der Waals surface area contributed by atoms with Crippen LogP contribution in [0.3, 0.4) is 0 Å². The number of anilines is 6. The Hall–Kier alpha value is -3.08. The molecule has 0 saturated heterocycles. The average Bonchev–Trinajstić information content (AvgIpc) is 2.84. The van der Waals surface area contributed by atoms with Crippen molar-refractivity contribution in [2.24, 2.45) is 0 Å². The lowest BCUT2D eigenvalue weighted by Gasteiger charge is -2.24. The molecule has 3 aromatic rings. The van der Waals surface area contributed by atoms with Gasteiger partial charge in [-0.05, 0) is 32.3 Å². The second-order valence-electron chi connectivity index (χ2n) is 8.11. The Labute approximate surface area is 214 Å². The second-order valence-corrected chi connectivity index (χ2v) is 10.2. The lowest BCUT2D eigenvalue weighted by molar-refractivity contribution is 0.413. The highest BCUT2D eigenvalue weighted by Crippen LogP contribution is 2.36. The molecule has 0 saturated carbocycles. The molecular weight excluding hydrogens is 486 g/mol. The Morgan fingerprint density at radius 3 is 2.54 bits per heavy atom. The molecule has 0 fully saturated rings. The van der Waals surface area contributed by atoms with Crippen molar-refractivity contribution < 1.29 is 8.95 Å². The molecule has 35 heavy (non-hydrogen) atoms. The number of benzene rings is 2. The largest absolute Gasteiger partial charge is 0.494 e. The molecule has 2 aromatic carbocycles. The predicted molar refractivity (Wildman–Crippen MR) is 146 cm³/mol. The lowest BCUT2D eigenvalue weighted by Crippen LogP contribution is -2.29. The van der Waals surface area contributed by atoms with E-state index >= 15 is 0 Å². The number of halogens is 1. The van der Waals surface area contributed by atoms with Gasteiger partial charge in [-0.3, -0.25) is 4.21 Å². The Bertz CT molecular complexity index is 1190. The Morgan fingerprint density at radius 2 is 1.86 bits per heavy atom. The van der Waals surface area contributed by atoms with Gasteiger partial charge < -0.3 is 30.9 Å². The minimum Gasteiger partial charge on any atom is -0.494 e. The number of para-hydroxylation sites is 1. The van der Waals surface area contributed by atoms with Crippen LogP contribution in [0.1, 0.15) is 6.92 Å². The first-order valence-corrected chi connectivity index (χ1v) is 12.8. The van der Waals surface area contributed by atoms with Crippen LogP contribution in [0.5, 0.6) is 5.75 Å². The molecule has 1 unspecified atom stereocenters. The standard InChI is InChI=1S/C24H32ClN7O2S/c1-6-35(33)22-10-8-7-9-18(22)28-23-16(25)15-27-24(30-23)29-19-13-17(26)20(14-21(19)34-5)32(4)12-11-31(2)3/h7-10,13-15H,6,11-12,26H2,1-5H3,(H2,27,28,29,30). The van der Waals surface area contributed by atoms with Crippen molar-refractivity contribution >= 4 is 56.9 Å². The lowest BCUT2D eigenvalue weighted by atomic mass is 10.2. The quantitative estimate of drug-likeness (QED) is 0.320. The SMILES string of the molecule is CCS(=O)c1ccccc1Nc1nc(Nc2cc(N)c(N(C)CCN(C)C)cc2OC)ncc1Cl. The molecule has 3 rings (SSSR count). The van der Waals surface area contributed by atoms with Gasteiger partial charge >= 0.3 is 0 Å². The zero-order valence-electron chi connectivity index (χ0n) is 20.6. The number of nitrogens with one attached hydrogen (secondary N) is 2. The highest BCUT2D eigenvalue weighted by Gasteiger charge is 2.15. The molecule has 1 aromatic heterocycles. The summed E-state index contributed by atoms with van der Waals surface area (Å²) in [4.78, 5) is 13.7. The number of nitrogens with zero attached hydrogens (tertiary/aromatic N) is 4. The molecule has 0 amide bonds. The van der Waals surface area contributed by atoms with Gasteiger partial charge in [0.15, 0.2) is 5.82 Å². The molecule has 1 atom stereocenters.